The Hall–Kier alpha value is -1.72. The SMILES string of the molecule is Cc1cccc(CN2CC=CC[C@@]3(C(=O)N4CCN(C)CC4)CCC[C@@H]23)n1. The molecule has 0 unspecified atom stereocenters. The zero-order valence-electron chi connectivity index (χ0n) is 16.7. The third kappa shape index (κ3) is 3.67. The van der Waals surface area contributed by atoms with Crippen molar-refractivity contribution in [1.82, 2.24) is 19.7 Å². The van der Waals surface area contributed by atoms with E-state index >= 15 is 0 Å². The molecule has 27 heavy (non-hydrogen) atoms. The third-order valence-corrected chi connectivity index (χ3v) is 6.70. The van der Waals surface area contributed by atoms with Crippen LogP contribution < -0.4 is 0 Å². The van der Waals surface area contributed by atoms with Gasteiger partial charge >= 0.3 is 0 Å². The minimum atomic E-state index is -0.243. The molecule has 2 fully saturated rings. The molecule has 1 saturated carbocycles. The van der Waals surface area contributed by atoms with E-state index in [4.69, 9.17) is 4.98 Å². The second kappa shape index (κ2) is 7.72. The molecule has 5 heteroatoms. The van der Waals surface area contributed by atoms with Crippen LogP contribution in [0.25, 0.3) is 0 Å². The summed E-state index contributed by atoms with van der Waals surface area (Å²) in [7, 11) is 2.14. The van der Waals surface area contributed by atoms with Crippen molar-refractivity contribution in [3.63, 3.8) is 0 Å². The van der Waals surface area contributed by atoms with Crippen LogP contribution in [0, 0.1) is 12.3 Å². The van der Waals surface area contributed by atoms with Gasteiger partial charge < -0.3 is 9.80 Å². The molecule has 0 radical (unpaired) electrons. The summed E-state index contributed by atoms with van der Waals surface area (Å²) in [5, 5.41) is 0. The average molecular weight is 369 g/mol. The van der Waals surface area contributed by atoms with Crippen molar-refractivity contribution < 1.29 is 4.79 Å². The van der Waals surface area contributed by atoms with Gasteiger partial charge in [0.25, 0.3) is 0 Å². The van der Waals surface area contributed by atoms with Crippen molar-refractivity contribution in [2.24, 2.45) is 5.41 Å². The summed E-state index contributed by atoms with van der Waals surface area (Å²) in [6.45, 7) is 7.49. The van der Waals surface area contributed by atoms with Crippen LogP contribution in [-0.2, 0) is 11.3 Å². The topological polar surface area (TPSA) is 39.7 Å². The maximum absolute atomic E-state index is 13.7. The van der Waals surface area contributed by atoms with Crippen LogP contribution in [0.3, 0.4) is 0 Å². The van der Waals surface area contributed by atoms with Crippen LogP contribution in [0.15, 0.2) is 30.4 Å². The van der Waals surface area contributed by atoms with Crippen molar-refractivity contribution in [3.05, 3.63) is 41.7 Å². The number of aromatic nitrogens is 1. The lowest BCUT2D eigenvalue weighted by Crippen LogP contribution is -2.56. The van der Waals surface area contributed by atoms with Crippen molar-refractivity contribution in [3.8, 4) is 0 Å². The van der Waals surface area contributed by atoms with Gasteiger partial charge in [0, 0.05) is 51.0 Å². The zero-order chi connectivity index (χ0) is 18.9. The number of pyridine rings is 1. The summed E-state index contributed by atoms with van der Waals surface area (Å²) in [5.41, 5.74) is 1.93. The van der Waals surface area contributed by atoms with Gasteiger partial charge in [0.05, 0.1) is 11.1 Å². The summed E-state index contributed by atoms with van der Waals surface area (Å²) in [6, 6.07) is 6.56. The highest BCUT2D eigenvalue weighted by Crippen LogP contribution is 2.47. The van der Waals surface area contributed by atoms with Gasteiger partial charge in [0.2, 0.25) is 5.91 Å². The Morgan fingerprint density at radius 1 is 1.22 bits per heavy atom. The van der Waals surface area contributed by atoms with Gasteiger partial charge in [-0.1, -0.05) is 24.6 Å². The van der Waals surface area contributed by atoms with Gasteiger partial charge in [-0.2, -0.15) is 0 Å². The van der Waals surface area contributed by atoms with Crippen molar-refractivity contribution in [1.29, 1.82) is 0 Å². The number of fused-ring (bicyclic) bond motifs is 1. The molecule has 146 valence electrons. The number of rotatable bonds is 3. The third-order valence-electron chi connectivity index (χ3n) is 6.70. The highest BCUT2D eigenvalue weighted by molar-refractivity contribution is 5.84. The Kier molecular flexibility index (Phi) is 5.33. The lowest BCUT2D eigenvalue weighted by Gasteiger charge is -2.43. The first-order valence-electron chi connectivity index (χ1n) is 10.4. The number of hydrogen-bond donors (Lipinski definition) is 0. The van der Waals surface area contributed by atoms with Gasteiger partial charge in [0.1, 0.15) is 0 Å². The van der Waals surface area contributed by atoms with E-state index in [2.05, 4.69) is 46.0 Å². The minimum Gasteiger partial charge on any atom is -0.340 e. The fraction of sp³-hybridized carbons (Fsp3) is 0.636. The molecular weight excluding hydrogens is 336 g/mol. The van der Waals surface area contributed by atoms with Gasteiger partial charge in [0.15, 0.2) is 0 Å². The number of nitrogens with zero attached hydrogens (tertiary/aromatic N) is 4. The molecule has 0 bridgehead atoms. The second-order valence-electron chi connectivity index (χ2n) is 8.53. The standard InChI is InChI=1S/C22H32N4O/c1-18-7-5-8-19(23-18)17-26-12-4-3-10-22(11-6-9-20(22)26)21(27)25-15-13-24(2)14-16-25/h3-5,7-8,20H,6,9-17H2,1-2H3/t20-,22-/m1/s1. The summed E-state index contributed by atoms with van der Waals surface area (Å²) in [5.74, 6) is 0.395. The normalized spacial score (nSPS) is 29.6. The molecule has 1 amide bonds. The molecule has 1 saturated heterocycles. The maximum atomic E-state index is 13.7. The minimum absolute atomic E-state index is 0.243. The fourth-order valence-corrected chi connectivity index (χ4v) is 5.19. The number of likely N-dealkylation sites (N-methyl/N-ethyl adjacent to an activating group) is 1. The molecule has 1 aromatic heterocycles. The second-order valence-corrected chi connectivity index (χ2v) is 8.53. The van der Waals surface area contributed by atoms with E-state index in [-0.39, 0.29) is 5.41 Å². The largest absolute Gasteiger partial charge is 0.340 e. The quantitative estimate of drug-likeness (QED) is 0.769. The Balaban J connectivity index is 1.57. The van der Waals surface area contributed by atoms with Crippen molar-refractivity contribution >= 4 is 5.91 Å². The molecule has 0 spiro atoms. The Labute approximate surface area is 163 Å². The molecule has 1 aromatic rings. The Bertz CT molecular complexity index is 710. The first kappa shape index (κ1) is 18.6. The van der Waals surface area contributed by atoms with E-state index < -0.39 is 0 Å². The number of piperazine rings is 1. The van der Waals surface area contributed by atoms with Crippen molar-refractivity contribution in [2.75, 3.05) is 39.8 Å². The smallest absolute Gasteiger partial charge is 0.230 e. The molecule has 5 nitrogen and oxygen atoms in total. The van der Waals surface area contributed by atoms with Crippen LogP contribution in [0.5, 0.6) is 0 Å². The summed E-state index contributed by atoms with van der Waals surface area (Å²) in [4.78, 5) is 25.4. The van der Waals surface area contributed by atoms with E-state index in [0.29, 0.717) is 11.9 Å². The predicted octanol–water partition coefficient (Wildman–Crippen LogP) is 2.46. The maximum Gasteiger partial charge on any atom is 0.230 e. The van der Waals surface area contributed by atoms with Crippen molar-refractivity contribution in [2.45, 2.75) is 45.2 Å². The zero-order valence-corrected chi connectivity index (χ0v) is 16.7. The lowest BCUT2D eigenvalue weighted by molar-refractivity contribution is -0.147. The van der Waals surface area contributed by atoms with E-state index in [1.807, 2.05) is 13.0 Å². The molecule has 2 atom stereocenters. The molecular formula is C22H32N4O. The van der Waals surface area contributed by atoms with Gasteiger partial charge in [-0.15, -0.1) is 0 Å². The number of hydrogen-bond acceptors (Lipinski definition) is 4. The molecule has 0 aromatic carbocycles. The summed E-state index contributed by atoms with van der Waals surface area (Å²) in [6.07, 6.45) is 8.69. The molecule has 3 heterocycles. The lowest BCUT2D eigenvalue weighted by atomic mass is 9.77. The number of amides is 1. The van der Waals surface area contributed by atoms with Crippen LogP contribution in [0.4, 0.5) is 0 Å². The van der Waals surface area contributed by atoms with Crippen LogP contribution in [0.1, 0.15) is 37.1 Å². The summed E-state index contributed by atoms with van der Waals surface area (Å²) >= 11 is 0. The number of allylic oxidation sites excluding steroid dienone is 1. The first-order valence-corrected chi connectivity index (χ1v) is 10.4. The molecule has 0 N–H and O–H groups in total. The number of carbonyl (C=O) groups excluding carboxylic acids is 1. The molecule has 1 aliphatic carbocycles. The van der Waals surface area contributed by atoms with E-state index in [1.54, 1.807) is 0 Å². The van der Waals surface area contributed by atoms with Gasteiger partial charge in [-0.25, -0.2) is 0 Å². The van der Waals surface area contributed by atoms with Crippen LogP contribution in [0.2, 0.25) is 0 Å². The Morgan fingerprint density at radius 2 is 2.04 bits per heavy atom. The molecule has 2 aliphatic heterocycles. The monoisotopic (exact) mass is 368 g/mol. The van der Waals surface area contributed by atoms with Gasteiger partial charge in [-0.05, 0) is 45.4 Å². The van der Waals surface area contributed by atoms with E-state index in [0.717, 1.165) is 76.3 Å². The highest BCUT2D eigenvalue weighted by atomic mass is 16.2. The average Bonchev–Trinajstić information content (AvgIpc) is 3.02. The van der Waals surface area contributed by atoms with Gasteiger partial charge in [-0.3, -0.25) is 14.7 Å². The van der Waals surface area contributed by atoms with Crippen LogP contribution >= 0.6 is 0 Å². The number of aryl methyl sites for hydroxylation is 1. The van der Waals surface area contributed by atoms with E-state index in [9.17, 15) is 4.79 Å². The first-order chi connectivity index (χ1) is 13.1. The number of carbonyl (C=O) groups is 1. The molecule has 3 aliphatic rings. The van der Waals surface area contributed by atoms with Crippen LogP contribution in [-0.4, -0.2) is 71.4 Å². The predicted molar refractivity (Wildman–Crippen MR) is 107 cm³/mol. The Morgan fingerprint density at radius 3 is 2.81 bits per heavy atom. The highest BCUT2D eigenvalue weighted by Gasteiger charge is 2.52. The summed E-state index contributed by atoms with van der Waals surface area (Å²) < 4.78 is 0. The molecule has 4 rings (SSSR count). The fourth-order valence-electron chi connectivity index (χ4n) is 5.19. The van der Waals surface area contributed by atoms with E-state index in [1.165, 1.54) is 0 Å².